The van der Waals surface area contributed by atoms with E-state index < -0.39 is 0 Å². The Hall–Kier alpha value is -2.47. The van der Waals surface area contributed by atoms with Crippen molar-refractivity contribution in [1.29, 1.82) is 0 Å². The Morgan fingerprint density at radius 2 is 1.94 bits per heavy atom. The van der Waals surface area contributed by atoms with Gasteiger partial charge in [0, 0.05) is 29.0 Å². The summed E-state index contributed by atoms with van der Waals surface area (Å²) in [6.07, 6.45) is 7.60. The highest BCUT2D eigenvalue weighted by Crippen LogP contribution is 2.42. The number of ether oxygens (including phenoxy) is 2. The number of rotatable bonds is 6. The first-order chi connectivity index (χ1) is 16.3. The molecule has 5 nitrogen and oxygen atoms in total. The maximum Gasteiger partial charge on any atom is 0.113 e. The highest BCUT2D eigenvalue weighted by molar-refractivity contribution is 6.31. The molecule has 33 heavy (non-hydrogen) atoms. The summed E-state index contributed by atoms with van der Waals surface area (Å²) in [4.78, 5) is 9.76. The molecule has 0 N–H and O–H groups in total. The fourth-order valence-electron chi connectivity index (χ4n) is 5.18. The molecule has 2 fully saturated rings. The molecular formula is C27H28ClN3O2. The van der Waals surface area contributed by atoms with Gasteiger partial charge in [0.05, 0.1) is 36.5 Å². The van der Waals surface area contributed by atoms with E-state index >= 15 is 0 Å². The van der Waals surface area contributed by atoms with Gasteiger partial charge in [0.2, 0.25) is 0 Å². The van der Waals surface area contributed by atoms with E-state index in [-0.39, 0.29) is 6.10 Å². The second kappa shape index (κ2) is 9.05. The molecule has 4 aromatic rings. The summed E-state index contributed by atoms with van der Waals surface area (Å²) in [7, 11) is 0. The molecular weight excluding hydrogens is 434 g/mol. The van der Waals surface area contributed by atoms with Gasteiger partial charge in [-0.05, 0) is 49.4 Å². The second-order valence-corrected chi connectivity index (χ2v) is 9.73. The monoisotopic (exact) mass is 461 g/mol. The van der Waals surface area contributed by atoms with Crippen molar-refractivity contribution in [2.75, 3.05) is 13.2 Å². The minimum absolute atomic E-state index is 0.0795. The molecule has 2 aromatic carbocycles. The summed E-state index contributed by atoms with van der Waals surface area (Å²) in [5.74, 6) is 1.74. The molecule has 0 radical (unpaired) electrons. The van der Waals surface area contributed by atoms with Gasteiger partial charge in [-0.3, -0.25) is 4.98 Å². The SMILES string of the molecule is Clc1ccc2ncc3nc(C4CCC4)n([C@H]4CCO[C@@H](COCc5ccccc5)C4)c3c2c1. The van der Waals surface area contributed by atoms with Crippen LogP contribution < -0.4 is 0 Å². The lowest BCUT2D eigenvalue weighted by Crippen LogP contribution is -2.32. The molecule has 2 atom stereocenters. The second-order valence-electron chi connectivity index (χ2n) is 9.29. The number of pyridine rings is 1. The predicted molar refractivity (Wildman–Crippen MR) is 131 cm³/mol. The average Bonchev–Trinajstić information content (AvgIpc) is 3.18. The van der Waals surface area contributed by atoms with Gasteiger partial charge in [-0.25, -0.2) is 4.98 Å². The summed E-state index contributed by atoms with van der Waals surface area (Å²) >= 11 is 6.40. The lowest BCUT2D eigenvalue weighted by Gasteiger charge is -2.34. The van der Waals surface area contributed by atoms with Crippen LogP contribution in [0.3, 0.4) is 0 Å². The van der Waals surface area contributed by atoms with Crippen LogP contribution in [0.2, 0.25) is 5.02 Å². The molecule has 0 spiro atoms. The first-order valence-corrected chi connectivity index (χ1v) is 12.3. The highest BCUT2D eigenvalue weighted by Gasteiger charge is 2.32. The lowest BCUT2D eigenvalue weighted by molar-refractivity contribution is -0.0583. The van der Waals surface area contributed by atoms with Crippen molar-refractivity contribution < 1.29 is 9.47 Å². The number of hydrogen-bond donors (Lipinski definition) is 0. The van der Waals surface area contributed by atoms with Crippen LogP contribution in [-0.4, -0.2) is 33.9 Å². The zero-order chi connectivity index (χ0) is 22.2. The maximum atomic E-state index is 6.40. The van der Waals surface area contributed by atoms with Crippen LogP contribution in [-0.2, 0) is 16.1 Å². The van der Waals surface area contributed by atoms with Gasteiger partial charge >= 0.3 is 0 Å². The number of fused-ring (bicyclic) bond motifs is 3. The number of nitrogens with zero attached hydrogens (tertiary/aromatic N) is 3. The summed E-state index contributed by atoms with van der Waals surface area (Å²) in [6.45, 7) is 1.95. The van der Waals surface area contributed by atoms with Crippen LogP contribution in [0.25, 0.3) is 21.9 Å². The summed E-state index contributed by atoms with van der Waals surface area (Å²) in [6, 6.07) is 16.6. The Balaban J connectivity index is 1.31. The third-order valence-electron chi connectivity index (χ3n) is 7.10. The standard InChI is InChI=1S/C27H28ClN3O2/c28-20-9-10-24-23(13-20)26-25(15-29-24)30-27(19-7-4-8-19)31(26)21-11-12-33-22(14-21)17-32-16-18-5-2-1-3-6-18/h1-3,5-6,9-10,13,15,19,21-22H,4,7-8,11-12,14,16-17H2/t21-,22+/m0/s1. The molecule has 1 saturated heterocycles. The van der Waals surface area contributed by atoms with Gasteiger partial charge in [-0.15, -0.1) is 0 Å². The molecule has 0 amide bonds. The van der Waals surface area contributed by atoms with E-state index in [1.54, 1.807) is 0 Å². The van der Waals surface area contributed by atoms with Crippen molar-refractivity contribution in [3.63, 3.8) is 0 Å². The number of halogens is 1. The van der Waals surface area contributed by atoms with Crippen molar-refractivity contribution in [2.45, 2.75) is 56.8 Å². The average molecular weight is 462 g/mol. The number of imidazole rings is 1. The fourth-order valence-corrected chi connectivity index (χ4v) is 5.36. The van der Waals surface area contributed by atoms with Crippen molar-refractivity contribution in [3.8, 4) is 0 Å². The molecule has 170 valence electrons. The largest absolute Gasteiger partial charge is 0.376 e. The van der Waals surface area contributed by atoms with Crippen molar-refractivity contribution in [1.82, 2.24) is 14.5 Å². The number of hydrogen-bond acceptors (Lipinski definition) is 4. The van der Waals surface area contributed by atoms with Crippen molar-refractivity contribution in [3.05, 3.63) is 71.1 Å². The van der Waals surface area contributed by atoms with Gasteiger partial charge in [-0.2, -0.15) is 0 Å². The van der Waals surface area contributed by atoms with Crippen LogP contribution in [0.5, 0.6) is 0 Å². The third kappa shape index (κ3) is 4.14. The van der Waals surface area contributed by atoms with Crippen LogP contribution in [0, 0.1) is 0 Å². The van der Waals surface area contributed by atoms with Gasteiger partial charge in [0.25, 0.3) is 0 Å². The first kappa shape index (κ1) is 21.1. The molecule has 0 unspecified atom stereocenters. The quantitative estimate of drug-likeness (QED) is 0.331. The van der Waals surface area contributed by atoms with Crippen molar-refractivity contribution >= 4 is 33.5 Å². The van der Waals surface area contributed by atoms with Gasteiger partial charge in [0.1, 0.15) is 11.3 Å². The Kier molecular flexibility index (Phi) is 5.78. The summed E-state index contributed by atoms with van der Waals surface area (Å²) in [5.41, 5.74) is 4.28. The zero-order valence-corrected chi connectivity index (χ0v) is 19.4. The van der Waals surface area contributed by atoms with Crippen LogP contribution >= 0.6 is 11.6 Å². The number of aromatic nitrogens is 3. The van der Waals surface area contributed by atoms with Gasteiger partial charge in [0.15, 0.2) is 0 Å². The van der Waals surface area contributed by atoms with Gasteiger partial charge in [-0.1, -0.05) is 48.4 Å². The van der Waals surface area contributed by atoms with Gasteiger partial charge < -0.3 is 14.0 Å². The van der Waals surface area contributed by atoms with Crippen LogP contribution in [0.4, 0.5) is 0 Å². The molecule has 1 saturated carbocycles. The topological polar surface area (TPSA) is 49.2 Å². The minimum Gasteiger partial charge on any atom is -0.376 e. The maximum absolute atomic E-state index is 6.40. The minimum atomic E-state index is 0.0795. The fraction of sp³-hybridized carbons (Fsp3) is 0.407. The Morgan fingerprint density at radius 3 is 2.76 bits per heavy atom. The molecule has 2 aliphatic rings. The molecule has 6 rings (SSSR count). The zero-order valence-electron chi connectivity index (χ0n) is 18.6. The molecule has 1 aliphatic heterocycles. The highest BCUT2D eigenvalue weighted by atomic mass is 35.5. The summed E-state index contributed by atoms with van der Waals surface area (Å²) < 4.78 is 14.6. The van der Waals surface area contributed by atoms with E-state index in [1.165, 1.54) is 36.2 Å². The Labute approximate surface area is 198 Å². The van der Waals surface area contributed by atoms with E-state index in [2.05, 4.69) is 21.7 Å². The van der Waals surface area contributed by atoms with E-state index in [4.69, 9.17) is 26.1 Å². The smallest absolute Gasteiger partial charge is 0.113 e. The van der Waals surface area contributed by atoms with E-state index in [0.29, 0.717) is 25.2 Å². The van der Waals surface area contributed by atoms with E-state index in [9.17, 15) is 0 Å². The third-order valence-corrected chi connectivity index (χ3v) is 7.33. The van der Waals surface area contributed by atoms with Crippen LogP contribution in [0.15, 0.2) is 54.7 Å². The Morgan fingerprint density at radius 1 is 1.06 bits per heavy atom. The Bertz CT molecular complexity index is 1270. The normalized spacial score (nSPS) is 21.5. The lowest BCUT2D eigenvalue weighted by atomic mass is 9.84. The molecule has 0 bridgehead atoms. The molecule has 2 aromatic heterocycles. The van der Waals surface area contributed by atoms with Crippen LogP contribution in [0.1, 0.15) is 55.5 Å². The number of benzene rings is 2. The van der Waals surface area contributed by atoms with E-state index in [1.807, 2.05) is 42.6 Å². The summed E-state index contributed by atoms with van der Waals surface area (Å²) in [5, 5.41) is 1.82. The molecule has 6 heteroatoms. The molecule has 3 heterocycles. The predicted octanol–water partition coefficient (Wildman–Crippen LogP) is 6.44. The molecule has 1 aliphatic carbocycles. The van der Waals surface area contributed by atoms with E-state index in [0.717, 1.165) is 40.9 Å². The first-order valence-electron chi connectivity index (χ1n) is 12.0. The van der Waals surface area contributed by atoms with Crippen molar-refractivity contribution in [2.24, 2.45) is 0 Å².